The van der Waals surface area contributed by atoms with E-state index in [4.69, 9.17) is 4.74 Å². The van der Waals surface area contributed by atoms with Gasteiger partial charge in [0.25, 0.3) is 0 Å². The number of hydrogen-bond acceptors (Lipinski definition) is 6. The fourth-order valence-corrected chi connectivity index (χ4v) is 5.27. The summed E-state index contributed by atoms with van der Waals surface area (Å²) in [5, 5.41) is 9.28. The Kier molecular flexibility index (Phi) is 5.27. The van der Waals surface area contributed by atoms with Crippen molar-refractivity contribution >= 4 is 45.5 Å². The molecule has 0 unspecified atom stereocenters. The van der Waals surface area contributed by atoms with E-state index in [2.05, 4.69) is 22.9 Å². The van der Waals surface area contributed by atoms with Crippen molar-refractivity contribution in [2.75, 3.05) is 23.1 Å². The predicted molar refractivity (Wildman–Crippen MR) is 113 cm³/mol. The van der Waals surface area contributed by atoms with Gasteiger partial charge in [-0.2, -0.15) is 0 Å². The molecular weight excluding hydrogens is 390 g/mol. The highest BCUT2D eigenvalue weighted by Crippen LogP contribution is 2.40. The Morgan fingerprint density at radius 3 is 2.79 bits per heavy atom. The first-order valence-electron chi connectivity index (χ1n) is 9.65. The van der Waals surface area contributed by atoms with Crippen LogP contribution in [-0.2, 0) is 27.2 Å². The highest BCUT2D eigenvalue weighted by molar-refractivity contribution is 7.17. The van der Waals surface area contributed by atoms with E-state index in [0.717, 1.165) is 35.4 Å². The molecule has 0 radical (unpaired) electrons. The maximum atomic E-state index is 12.7. The van der Waals surface area contributed by atoms with Gasteiger partial charge in [0, 0.05) is 4.88 Å². The summed E-state index contributed by atoms with van der Waals surface area (Å²) in [5.41, 5.74) is 2.92. The zero-order valence-corrected chi connectivity index (χ0v) is 17.2. The van der Waals surface area contributed by atoms with Gasteiger partial charge in [0.1, 0.15) is 11.0 Å². The topological polar surface area (TPSA) is 96.5 Å². The molecule has 7 nitrogen and oxygen atoms in total. The Bertz CT molecular complexity index is 984. The van der Waals surface area contributed by atoms with Crippen LogP contribution in [0.15, 0.2) is 24.3 Å². The maximum Gasteiger partial charge on any atom is 0.341 e. The molecule has 1 aliphatic carbocycles. The van der Waals surface area contributed by atoms with E-state index >= 15 is 0 Å². The summed E-state index contributed by atoms with van der Waals surface area (Å²) in [6.07, 6.45) is 2.66. The largest absolute Gasteiger partial charge is 0.465 e. The number of carbonyl (C=O) groups is 3. The van der Waals surface area contributed by atoms with Crippen LogP contribution < -0.4 is 16.0 Å². The number of esters is 1. The second-order valence-corrected chi connectivity index (χ2v) is 8.64. The summed E-state index contributed by atoms with van der Waals surface area (Å²) in [6, 6.07) is 6.67. The second-order valence-electron chi connectivity index (χ2n) is 7.53. The van der Waals surface area contributed by atoms with Crippen LogP contribution >= 0.6 is 11.3 Å². The number of hydrogen-bond donors (Lipinski definition) is 3. The van der Waals surface area contributed by atoms with Crippen molar-refractivity contribution in [3.05, 3.63) is 40.3 Å². The number of anilines is 3. The first-order valence-corrected chi connectivity index (χ1v) is 10.5. The number of benzene rings is 1. The predicted octanol–water partition coefficient (Wildman–Crippen LogP) is 3.42. The summed E-state index contributed by atoms with van der Waals surface area (Å²) in [7, 11) is 1.34. The summed E-state index contributed by atoms with van der Waals surface area (Å²) in [6.45, 7) is 2.18. The van der Waals surface area contributed by atoms with Crippen LogP contribution in [0, 0.1) is 5.92 Å². The standard InChI is InChI=1S/C21H23N3O4S/c1-11-7-8-12-16(9-11)29-20(18(12)21(27)28-2)24-17(25)10-15-19(26)23-14-6-4-3-5-13(14)22-15/h3-6,11,15,22H,7-10H2,1-2H3,(H,23,26)(H,24,25)/t11-,15-/m1/s1. The van der Waals surface area contributed by atoms with Crippen LogP contribution in [-0.4, -0.2) is 30.9 Å². The Labute approximate surface area is 172 Å². The summed E-state index contributed by atoms with van der Waals surface area (Å²) in [5.74, 6) is -0.472. The Morgan fingerprint density at radius 1 is 1.28 bits per heavy atom. The van der Waals surface area contributed by atoms with Crippen LogP contribution in [0.2, 0.25) is 0 Å². The van der Waals surface area contributed by atoms with Crippen molar-refractivity contribution < 1.29 is 19.1 Å². The van der Waals surface area contributed by atoms with Gasteiger partial charge in [-0.1, -0.05) is 19.1 Å². The highest BCUT2D eigenvalue weighted by atomic mass is 32.1. The number of amides is 2. The number of thiophene rings is 1. The van der Waals surface area contributed by atoms with E-state index in [0.29, 0.717) is 22.2 Å². The van der Waals surface area contributed by atoms with Gasteiger partial charge < -0.3 is 20.7 Å². The molecule has 3 N–H and O–H groups in total. The van der Waals surface area contributed by atoms with Gasteiger partial charge in [0.05, 0.1) is 30.5 Å². The van der Waals surface area contributed by atoms with Crippen molar-refractivity contribution in [3.63, 3.8) is 0 Å². The molecule has 2 aliphatic rings. The molecular formula is C21H23N3O4S. The maximum absolute atomic E-state index is 12.7. The molecule has 2 heterocycles. The SMILES string of the molecule is COC(=O)c1c(NC(=O)C[C@H]2Nc3ccccc3NC2=O)sc2c1CC[C@@H](C)C2. The molecule has 2 aromatic rings. The molecule has 0 saturated heterocycles. The quantitative estimate of drug-likeness (QED) is 0.668. The summed E-state index contributed by atoms with van der Waals surface area (Å²) in [4.78, 5) is 38.5. The number of rotatable bonds is 4. The molecule has 29 heavy (non-hydrogen) atoms. The molecule has 152 valence electrons. The lowest BCUT2D eigenvalue weighted by atomic mass is 9.88. The molecule has 1 aromatic carbocycles. The van der Waals surface area contributed by atoms with Gasteiger partial charge in [-0.3, -0.25) is 9.59 Å². The number of methoxy groups -OCH3 is 1. The minimum Gasteiger partial charge on any atom is -0.465 e. The molecule has 0 spiro atoms. The molecule has 1 aliphatic heterocycles. The lowest BCUT2D eigenvalue weighted by molar-refractivity contribution is -0.122. The van der Waals surface area contributed by atoms with Gasteiger partial charge in [-0.25, -0.2) is 4.79 Å². The fraction of sp³-hybridized carbons (Fsp3) is 0.381. The average molecular weight is 413 g/mol. The van der Waals surface area contributed by atoms with E-state index in [-0.39, 0.29) is 18.2 Å². The second kappa shape index (κ2) is 7.87. The van der Waals surface area contributed by atoms with Crippen molar-refractivity contribution in [3.8, 4) is 0 Å². The molecule has 2 amide bonds. The molecule has 1 aromatic heterocycles. The lowest BCUT2D eigenvalue weighted by Crippen LogP contribution is -2.41. The third-order valence-corrected chi connectivity index (χ3v) is 6.54. The van der Waals surface area contributed by atoms with Gasteiger partial charge in [0.15, 0.2) is 0 Å². The minimum atomic E-state index is -0.680. The highest BCUT2D eigenvalue weighted by Gasteiger charge is 2.31. The number of fused-ring (bicyclic) bond motifs is 2. The van der Waals surface area contributed by atoms with Crippen LogP contribution in [0.25, 0.3) is 0 Å². The van der Waals surface area contributed by atoms with Crippen molar-refractivity contribution in [1.82, 2.24) is 0 Å². The third kappa shape index (κ3) is 3.85. The first-order chi connectivity index (χ1) is 14.0. The van der Waals surface area contributed by atoms with Crippen LogP contribution in [0.1, 0.15) is 40.6 Å². The van der Waals surface area contributed by atoms with E-state index in [1.807, 2.05) is 18.2 Å². The normalized spacial score (nSPS) is 20.0. The summed E-state index contributed by atoms with van der Waals surface area (Å²) >= 11 is 1.44. The van der Waals surface area contributed by atoms with E-state index in [9.17, 15) is 14.4 Å². The van der Waals surface area contributed by atoms with Crippen LogP contribution in [0.5, 0.6) is 0 Å². The van der Waals surface area contributed by atoms with Gasteiger partial charge in [-0.15, -0.1) is 11.3 Å². The van der Waals surface area contributed by atoms with Crippen molar-refractivity contribution in [2.24, 2.45) is 5.92 Å². The smallest absolute Gasteiger partial charge is 0.341 e. The van der Waals surface area contributed by atoms with Gasteiger partial charge in [0.2, 0.25) is 11.8 Å². The molecule has 0 fully saturated rings. The zero-order valence-electron chi connectivity index (χ0n) is 16.3. The first kappa shape index (κ1) is 19.4. The average Bonchev–Trinajstić information content (AvgIpc) is 3.04. The molecule has 8 heteroatoms. The number of carbonyl (C=O) groups excluding carboxylic acids is 3. The summed E-state index contributed by atoms with van der Waals surface area (Å²) < 4.78 is 4.96. The number of nitrogens with one attached hydrogen (secondary N) is 3. The van der Waals surface area contributed by atoms with Crippen molar-refractivity contribution in [1.29, 1.82) is 0 Å². The third-order valence-electron chi connectivity index (χ3n) is 5.37. The van der Waals surface area contributed by atoms with Crippen LogP contribution in [0.4, 0.5) is 16.4 Å². The number of ether oxygens (including phenoxy) is 1. The fourth-order valence-electron chi connectivity index (χ4n) is 3.85. The molecule has 0 saturated carbocycles. The van der Waals surface area contributed by atoms with Gasteiger partial charge in [-0.05, 0) is 42.9 Å². The Balaban J connectivity index is 1.52. The monoisotopic (exact) mass is 413 g/mol. The minimum absolute atomic E-state index is 0.0419. The van der Waals surface area contributed by atoms with E-state index in [1.54, 1.807) is 6.07 Å². The molecule has 4 rings (SSSR count). The van der Waals surface area contributed by atoms with E-state index < -0.39 is 12.0 Å². The molecule has 0 bridgehead atoms. The van der Waals surface area contributed by atoms with E-state index in [1.165, 1.54) is 18.4 Å². The zero-order chi connectivity index (χ0) is 20.5. The Hall–Kier alpha value is -2.87. The lowest BCUT2D eigenvalue weighted by Gasteiger charge is -2.26. The van der Waals surface area contributed by atoms with Crippen LogP contribution in [0.3, 0.4) is 0 Å². The Morgan fingerprint density at radius 2 is 2.03 bits per heavy atom. The van der Waals surface area contributed by atoms with Gasteiger partial charge >= 0.3 is 5.97 Å². The molecule has 2 atom stereocenters. The van der Waals surface area contributed by atoms with Crippen molar-refractivity contribution in [2.45, 2.75) is 38.6 Å². The number of para-hydroxylation sites is 2.